The fourth-order valence-corrected chi connectivity index (χ4v) is 1.38. The lowest BCUT2D eigenvalue weighted by molar-refractivity contribution is 0.831. The highest BCUT2D eigenvalue weighted by atomic mass is 14.8. The van der Waals surface area contributed by atoms with Gasteiger partial charge in [0.2, 0.25) is 0 Å². The normalized spacial score (nSPS) is 22.0. The molecule has 0 amide bonds. The summed E-state index contributed by atoms with van der Waals surface area (Å²) in [7, 11) is 0. The van der Waals surface area contributed by atoms with Gasteiger partial charge >= 0.3 is 0 Å². The molecule has 82 valence electrons. The van der Waals surface area contributed by atoms with Gasteiger partial charge in [-0.1, -0.05) is 12.2 Å². The van der Waals surface area contributed by atoms with Crippen LogP contribution >= 0.6 is 0 Å². The quantitative estimate of drug-likeness (QED) is 0.660. The lowest BCUT2D eigenvalue weighted by atomic mass is 10.2. The maximum Gasteiger partial charge on any atom is 0.0826 e. The van der Waals surface area contributed by atoms with Crippen LogP contribution in [0.2, 0.25) is 0 Å². The summed E-state index contributed by atoms with van der Waals surface area (Å²) >= 11 is 0. The number of aliphatic imine (C=N–C) groups is 2. The van der Waals surface area contributed by atoms with Gasteiger partial charge in [-0.25, -0.2) is 0 Å². The smallest absolute Gasteiger partial charge is 0.0826 e. The number of nitrogens with zero attached hydrogens (tertiary/aromatic N) is 2. The van der Waals surface area contributed by atoms with Crippen LogP contribution in [0.4, 0.5) is 0 Å². The van der Waals surface area contributed by atoms with Crippen LogP contribution in [0, 0.1) is 0 Å². The van der Waals surface area contributed by atoms with Crippen molar-refractivity contribution >= 4 is 11.4 Å². The van der Waals surface area contributed by atoms with E-state index in [1.54, 1.807) is 0 Å². The largest absolute Gasteiger partial charge is 0.280 e. The lowest BCUT2D eigenvalue weighted by Gasteiger charge is -2.06. The first-order chi connectivity index (χ1) is 7.09. The number of rotatable bonds is 2. The van der Waals surface area contributed by atoms with Crippen LogP contribution in [0.1, 0.15) is 34.1 Å². The molecule has 1 aliphatic rings. The van der Waals surface area contributed by atoms with Gasteiger partial charge < -0.3 is 0 Å². The Hall–Kier alpha value is -1.18. The molecular formula is C13H20N2. The average molecular weight is 204 g/mol. The predicted octanol–water partition coefficient (Wildman–Crippen LogP) is 3.20. The lowest BCUT2D eigenvalue weighted by Crippen LogP contribution is -2.13. The van der Waals surface area contributed by atoms with Gasteiger partial charge in [0.05, 0.1) is 11.4 Å². The van der Waals surface area contributed by atoms with Crippen molar-refractivity contribution in [2.24, 2.45) is 9.98 Å². The topological polar surface area (TPSA) is 24.7 Å². The van der Waals surface area contributed by atoms with Gasteiger partial charge in [-0.15, -0.1) is 0 Å². The Labute approximate surface area is 92.5 Å². The van der Waals surface area contributed by atoms with Crippen LogP contribution in [0.25, 0.3) is 0 Å². The van der Waals surface area contributed by atoms with Gasteiger partial charge in [-0.2, -0.15) is 0 Å². The van der Waals surface area contributed by atoms with E-state index in [9.17, 15) is 0 Å². The standard InChI is InChI=1S/C13H20N2/c1-10(2)14-12-8-6-5-7-9-13(12)15-11(3)4/h6-11H,5H2,1-4H3. The van der Waals surface area contributed by atoms with E-state index < -0.39 is 0 Å². The van der Waals surface area contributed by atoms with Crippen LogP contribution in [-0.2, 0) is 0 Å². The maximum atomic E-state index is 4.58. The minimum atomic E-state index is 0.313. The third kappa shape index (κ3) is 4.24. The van der Waals surface area contributed by atoms with Gasteiger partial charge in [-0.3, -0.25) is 9.98 Å². The highest BCUT2D eigenvalue weighted by Crippen LogP contribution is 2.04. The first kappa shape index (κ1) is 11.9. The third-order valence-electron chi connectivity index (χ3n) is 1.88. The SMILES string of the molecule is CC(C)N=C1C=CCC=CC1=NC(C)C. The maximum absolute atomic E-state index is 4.58. The van der Waals surface area contributed by atoms with E-state index in [-0.39, 0.29) is 0 Å². The molecule has 0 aliphatic heterocycles. The first-order valence-electron chi connectivity index (χ1n) is 5.58. The molecule has 0 unspecified atom stereocenters. The van der Waals surface area contributed by atoms with Crippen molar-refractivity contribution in [1.82, 2.24) is 0 Å². The molecule has 0 atom stereocenters. The van der Waals surface area contributed by atoms with Crippen molar-refractivity contribution in [2.75, 3.05) is 0 Å². The van der Waals surface area contributed by atoms with E-state index in [0.29, 0.717) is 12.1 Å². The number of allylic oxidation sites excluding steroid dienone is 4. The Morgan fingerprint density at radius 3 is 1.60 bits per heavy atom. The molecule has 15 heavy (non-hydrogen) atoms. The summed E-state index contributed by atoms with van der Waals surface area (Å²) < 4.78 is 0. The summed E-state index contributed by atoms with van der Waals surface area (Å²) in [5.74, 6) is 0. The molecule has 1 rings (SSSR count). The monoisotopic (exact) mass is 204 g/mol. The predicted molar refractivity (Wildman–Crippen MR) is 68.0 cm³/mol. The van der Waals surface area contributed by atoms with E-state index >= 15 is 0 Å². The van der Waals surface area contributed by atoms with E-state index in [4.69, 9.17) is 0 Å². The van der Waals surface area contributed by atoms with Crippen molar-refractivity contribution in [3.8, 4) is 0 Å². The molecule has 0 aromatic heterocycles. The van der Waals surface area contributed by atoms with Gasteiger partial charge in [0.25, 0.3) is 0 Å². The van der Waals surface area contributed by atoms with E-state index in [1.165, 1.54) is 0 Å². The molecule has 2 heteroatoms. The van der Waals surface area contributed by atoms with Gasteiger partial charge in [0, 0.05) is 12.1 Å². The summed E-state index contributed by atoms with van der Waals surface area (Å²) in [6, 6.07) is 0.627. The second-order valence-electron chi connectivity index (χ2n) is 4.26. The van der Waals surface area contributed by atoms with E-state index in [1.807, 2.05) is 0 Å². The highest BCUT2D eigenvalue weighted by molar-refractivity contribution is 6.50. The highest BCUT2D eigenvalue weighted by Gasteiger charge is 2.06. The molecule has 1 aliphatic carbocycles. The molecular weight excluding hydrogens is 184 g/mol. The molecule has 0 N–H and O–H groups in total. The fourth-order valence-electron chi connectivity index (χ4n) is 1.38. The van der Waals surface area contributed by atoms with Gasteiger partial charge in [0.15, 0.2) is 0 Å². The van der Waals surface area contributed by atoms with Crippen LogP contribution < -0.4 is 0 Å². The summed E-state index contributed by atoms with van der Waals surface area (Å²) in [6.07, 6.45) is 9.36. The average Bonchev–Trinajstić information content (AvgIpc) is 2.30. The number of hydrogen-bond donors (Lipinski definition) is 0. The first-order valence-corrected chi connectivity index (χ1v) is 5.58. The Kier molecular flexibility index (Phi) is 4.47. The molecule has 0 aromatic rings. The second-order valence-corrected chi connectivity index (χ2v) is 4.26. The molecule has 0 aromatic carbocycles. The van der Waals surface area contributed by atoms with Crippen molar-refractivity contribution in [2.45, 2.75) is 46.2 Å². The van der Waals surface area contributed by atoms with Crippen molar-refractivity contribution in [1.29, 1.82) is 0 Å². The molecule has 0 spiro atoms. The van der Waals surface area contributed by atoms with E-state index in [0.717, 1.165) is 17.8 Å². The zero-order valence-corrected chi connectivity index (χ0v) is 10.1. The van der Waals surface area contributed by atoms with Crippen LogP contribution in [0.3, 0.4) is 0 Å². The van der Waals surface area contributed by atoms with Crippen LogP contribution in [-0.4, -0.2) is 23.5 Å². The molecule has 0 bridgehead atoms. The molecule has 0 saturated heterocycles. The fraction of sp³-hybridized carbons (Fsp3) is 0.538. The molecule has 0 radical (unpaired) electrons. The zero-order valence-electron chi connectivity index (χ0n) is 10.1. The Bertz CT molecular complexity index is 285. The molecule has 2 nitrogen and oxygen atoms in total. The summed E-state index contributed by atoms with van der Waals surface area (Å²) in [6.45, 7) is 8.34. The summed E-state index contributed by atoms with van der Waals surface area (Å²) in [5.41, 5.74) is 2.01. The Morgan fingerprint density at radius 1 is 0.867 bits per heavy atom. The Balaban J connectivity index is 3.03. The minimum Gasteiger partial charge on any atom is -0.280 e. The van der Waals surface area contributed by atoms with Crippen LogP contribution in [0.15, 0.2) is 34.3 Å². The number of hydrogen-bond acceptors (Lipinski definition) is 2. The Morgan fingerprint density at radius 2 is 1.27 bits per heavy atom. The van der Waals surface area contributed by atoms with Gasteiger partial charge in [-0.05, 0) is 46.3 Å². The van der Waals surface area contributed by atoms with Crippen molar-refractivity contribution in [3.63, 3.8) is 0 Å². The third-order valence-corrected chi connectivity index (χ3v) is 1.88. The summed E-state index contributed by atoms with van der Waals surface area (Å²) in [5, 5.41) is 0. The van der Waals surface area contributed by atoms with Gasteiger partial charge in [0.1, 0.15) is 0 Å². The molecule has 0 fully saturated rings. The molecule has 0 heterocycles. The summed E-state index contributed by atoms with van der Waals surface area (Å²) in [4.78, 5) is 9.16. The molecule has 0 saturated carbocycles. The van der Waals surface area contributed by atoms with E-state index in [2.05, 4.69) is 62.0 Å². The minimum absolute atomic E-state index is 0.313. The second kappa shape index (κ2) is 5.64. The van der Waals surface area contributed by atoms with Crippen LogP contribution in [0.5, 0.6) is 0 Å². The van der Waals surface area contributed by atoms with Crippen molar-refractivity contribution in [3.05, 3.63) is 24.3 Å². The van der Waals surface area contributed by atoms with Crippen molar-refractivity contribution < 1.29 is 0 Å². The zero-order chi connectivity index (χ0) is 11.3.